The Morgan fingerprint density at radius 3 is 2.00 bits per heavy atom. The molecule has 0 bridgehead atoms. The second-order valence-electron chi connectivity index (χ2n) is 2.92. The number of hydrogen-bond acceptors (Lipinski definition) is 2. The van der Waals surface area contributed by atoms with E-state index in [1.165, 1.54) is 0 Å². The SMILES string of the molecule is Cc1c(C)n(C)c(=S)n(C)c1=S. The van der Waals surface area contributed by atoms with Gasteiger partial charge in [-0.3, -0.25) is 0 Å². The summed E-state index contributed by atoms with van der Waals surface area (Å²) in [5, 5.41) is 0. The molecule has 0 amide bonds. The molecule has 0 aromatic carbocycles. The smallest absolute Gasteiger partial charge is 0.180 e. The van der Waals surface area contributed by atoms with E-state index < -0.39 is 0 Å². The first kappa shape index (κ1) is 9.61. The normalized spacial score (nSPS) is 10.3. The fourth-order valence-corrected chi connectivity index (χ4v) is 1.63. The molecule has 0 aliphatic rings. The Hall–Kier alpha value is -0.480. The molecule has 0 saturated carbocycles. The monoisotopic (exact) mass is 200 g/mol. The van der Waals surface area contributed by atoms with Gasteiger partial charge in [0.05, 0.1) is 0 Å². The van der Waals surface area contributed by atoms with Gasteiger partial charge in [-0.05, 0) is 26.1 Å². The summed E-state index contributed by atoms with van der Waals surface area (Å²) in [7, 11) is 3.86. The molecule has 0 radical (unpaired) electrons. The second kappa shape index (κ2) is 3.11. The van der Waals surface area contributed by atoms with Gasteiger partial charge in [-0.2, -0.15) is 0 Å². The Bertz CT molecular complexity index is 389. The summed E-state index contributed by atoms with van der Waals surface area (Å²) in [5.74, 6) is 0. The molecular formula is C8H12N2S2. The number of hydrogen-bond donors (Lipinski definition) is 0. The van der Waals surface area contributed by atoms with Crippen LogP contribution < -0.4 is 0 Å². The third kappa shape index (κ3) is 1.25. The highest BCUT2D eigenvalue weighted by Crippen LogP contribution is 2.08. The molecule has 1 aromatic rings. The molecule has 0 spiro atoms. The molecule has 66 valence electrons. The van der Waals surface area contributed by atoms with Crippen molar-refractivity contribution in [2.75, 3.05) is 0 Å². The first-order valence-electron chi connectivity index (χ1n) is 3.70. The van der Waals surface area contributed by atoms with Gasteiger partial charge >= 0.3 is 0 Å². The van der Waals surface area contributed by atoms with E-state index in [1.807, 2.05) is 37.1 Å². The van der Waals surface area contributed by atoms with Crippen molar-refractivity contribution < 1.29 is 0 Å². The van der Waals surface area contributed by atoms with Gasteiger partial charge in [0, 0.05) is 25.4 Å². The van der Waals surface area contributed by atoms with E-state index in [4.69, 9.17) is 24.4 Å². The van der Waals surface area contributed by atoms with Crippen molar-refractivity contribution in [3.05, 3.63) is 20.7 Å². The van der Waals surface area contributed by atoms with Gasteiger partial charge in [-0.1, -0.05) is 12.2 Å². The molecule has 12 heavy (non-hydrogen) atoms. The van der Waals surface area contributed by atoms with Crippen LogP contribution >= 0.6 is 24.4 Å². The largest absolute Gasteiger partial charge is 0.325 e. The number of nitrogens with zero attached hydrogens (tertiary/aromatic N) is 2. The quantitative estimate of drug-likeness (QED) is 0.595. The zero-order valence-corrected chi connectivity index (χ0v) is 9.34. The lowest BCUT2D eigenvalue weighted by atomic mass is 10.3. The molecule has 1 aromatic heterocycles. The van der Waals surface area contributed by atoms with Gasteiger partial charge in [0.25, 0.3) is 0 Å². The van der Waals surface area contributed by atoms with Crippen LogP contribution in [0.2, 0.25) is 0 Å². The van der Waals surface area contributed by atoms with Crippen molar-refractivity contribution >= 4 is 24.4 Å². The maximum atomic E-state index is 5.21. The Kier molecular flexibility index (Phi) is 2.49. The van der Waals surface area contributed by atoms with Gasteiger partial charge < -0.3 is 9.13 Å². The summed E-state index contributed by atoms with van der Waals surface area (Å²) in [6.45, 7) is 4.05. The van der Waals surface area contributed by atoms with Crippen LogP contribution in [0.4, 0.5) is 0 Å². The minimum Gasteiger partial charge on any atom is -0.325 e. The standard InChI is InChI=1S/C8H12N2S2/c1-5-6(2)9(3)8(12)10(4)7(5)11/h1-4H3. The minimum atomic E-state index is 0.767. The fourth-order valence-electron chi connectivity index (χ4n) is 1.11. The topological polar surface area (TPSA) is 9.86 Å². The first-order chi connectivity index (χ1) is 5.46. The zero-order chi connectivity index (χ0) is 9.46. The van der Waals surface area contributed by atoms with E-state index in [9.17, 15) is 0 Å². The Morgan fingerprint density at radius 2 is 1.50 bits per heavy atom. The summed E-state index contributed by atoms with van der Waals surface area (Å²) < 4.78 is 5.42. The predicted molar refractivity (Wildman–Crippen MR) is 55.5 cm³/mol. The van der Waals surface area contributed by atoms with E-state index in [2.05, 4.69) is 0 Å². The third-order valence-corrected chi connectivity index (χ3v) is 3.37. The van der Waals surface area contributed by atoms with Gasteiger partial charge in [0.15, 0.2) is 4.77 Å². The Morgan fingerprint density at radius 1 is 1.00 bits per heavy atom. The summed E-state index contributed by atoms with van der Waals surface area (Å²) >= 11 is 10.4. The maximum Gasteiger partial charge on any atom is 0.180 e. The fraction of sp³-hybridized carbons (Fsp3) is 0.500. The first-order valence-corrected chi connectivity index (χ1v) is 4.51. The van der Waals surface area contributed by atoms with Crippen molar-refractivity contribution in [2.45, 2.75) is 13.8 Å². The van der Waals surface area contributed by atoms with E-state index in [1.54, 1.807) is 0 Å². The van der Waals surface area contributed by atoms with Crippen LogP contribution in [0.5, 0.6) is 0 Å². The van der Waals surface area contributed by atoms with Gasteiger partial charge in [-0.15, -0.1) is 0 Å². The third-order valence-electron chi connectivity index (χ3n) is 2.25. The summed E-state index contributed by atoms with van der Waals surface area (Å²) in [5.41, 5.74) is 2.27. The lowest BCUT2D eigenvalue weighted by molar-refractivity contribution is 0.700. The molecule has 0 unspecified atom stereocenters. The summed E-state index contributed by atoms with van der Waals surface area (Å²) in [4.78, 5) is 0. The molecule has 1 rings (SSSR count). The molecule has 0 aliphatic carbocycles. The highest BCUT2D eigenvalue weighted by Gasteiger charge is 2.01. The van der Waals surface area contributed by atoms with E-state index in [0.29, 0.717) is 0 Å². The van der Waals surface area contributed by atoms with Crippen molar-refractivity contribution in [3.8, 4) is 0 Å². The molecule has 0 fully saturated rings. The van der Waals surface area contributed by atoms with Crippen molar-refractivity contribution in [1.29, 1.82) is 0 Å². The van der Waals surface area contributed by atoms with Crippen molar-refractivity contribution in [3.63, 3.8) is 0 Å². The molecule has 0 aliphatic heterocycles. The molecule has 1 heterocycles. The van der Waals surface area contributed by atoms with Crippen LogP contribution in [0.3, 0.4) is 0 Å². The van der Waals surface area contributed by atoms with Gasteiger partial charge in [0.1, 0.15) is 4.64 Å². The molecular weight excluding hydrogens is 188 g/mol. The van der Waals surface area contributed by atoms with Gasteiger partial charge in [-0.25, -0.2) is 0 Å². The lowest BCUT2D eigenvalue weighted by Gasteiger charge is -2.11. The Balaban J connectivity index is 3.86. The molecule has 0 saturated heterocycles. The predicted octanol–water partition coefficient (Wildman–Crippen LogP) is 2.44. The van der Waals surface area contributed by atoms with E-state index >= 15 is 0 Å². The molecule has 4 heteroatoms. The summed E-state index contributed by atoms with van der Waals surface area (Å²) in [6.07, 6.45) is 0. The average Bonchev–Trinajstić information content (AvgIpc) is 2.08. The van der Waals surface area contributed by atoms with Crippen LogP contribution in [0.15, 0.2) is 0 Å². The highest BCUT2D eigenvalue weighted by atomic mass is 32.1. The number of rotatable bonds is 0. The second-order valence-corrected chi connectivity index (χ2v) is 3.67. The zero-order valence-electron chi connectivity index (χ0n) is 7.71. The van der Waals surface area contributed by atoms with Crippen LogP contribution in [0, 0.1) is 23.3 Å². The van der Waals surface area contributed by atoms with Crippen molar-refractivity contribution in [2.24, 2.45) is 14.1 Å². The summed E-state index contributed by atoms with van der Waals surface area (Å²) in [6, 6.07) is 0. The molecule has 0 atom stereocenters. The van der Waals surface area contributed by atoms with Crippen LogP contribution in [0.1, 0.15) is 11.3 Å². The average molecular weight is 200 g/mol. The maximum absolute atomic E-state index is 5.21. The van der Waals surface area contributed by atoms with Crippen LogP contribution in [-0.2, 0) is 14.1 Å². The molecule has 2 nitrogen and oxygen atoms in total. The van der Waals surface area contributed by atoms with Crippen LogP contribution in [0.25, 0.3) is 0 Å². The molecule has 0 N–H and O–H groups in total. The lowest BCUT2D eigenvalue weighted by Crippen LogP contribution is -2.10. The van der Waals surface area contributed by atoms with Crippen LogP contribution in [-0.4, -0.2) is 9.13 Å². The van der Waals surface area contributed by atoms with Crippen molar-refractivity contribution in [1.82, 2.24) is 9.13 Å². The number of aromatic nitrogens is 2. The van der Waals surface area contributed by atoms with E-state index in [-0.39, 0.29) is 0 Å². The van der Waals surface area contributed by atoms with Gasteiger partial charge in [0.2, 0.25) is 0 Å². The Labute approximate surface area is 82.5 Å². The van der Waals surface area contributed by atoms with E-state index in [0.717, 1.165) is 20.7 Å². The highest BCUT2D eigenvalue weighted by molar-refractivity contribution is 7.72. The minimum absolute atomic E-state index is 0.767.